The number of aryl methyl sites for hydroxylation is 1. The fraction of sp³-hybridized carbons (Fsp3) is 0.556. The molecule has 0 aliphatic rings. The molecule has 0 spiro atoms. The van der Waals surface area contributed by atoms with Gasteiger partial charge in [-0.3, -0.25) is 0 Å². The second-order valence-electron chi connectivity index (χ2n) is 2.91. The summed E-state index contributed by atoms with van der Waals surface area (Å²) >= 11 is 1.68. The van der Waals surface area contributed by atoms with Gasteiger partial charge in [0.2, 0.25) is 0 Å². The Bertz CT molecular complexity index is 234. The summed E-state index contributed by atoms with van der Waals surface area (Å²) in [5, 5.41) is 16.7. The van der Waals surface area contributed by atoms with Gasteiger partial charge in [0.05, 0.1) is 6.10 Å². The number of nitrogens with one attached hydrogen (secondary N) is 1. The molecule has 0 radical (unpaired) electrons. The number of rotatable bonds is 4. The summed E-state index contributed by atoms with van der Waals surface area (Å²) in [5.41, 5.74) is 2.40. The molecule has 1 rings (SSSR count). The minimum atomic E-state index is -0.232. The maximum Gasteiger partial charge on any atom is 0.0709 e. The van der Waals surface area contributed by atoms with E-state index in [1.165, 1.54) is 5.56 Å². The van der Waals surface area contributed by atoms with Crippen molar-refractivity contribution in [3.63, 3.8) is 0 Å². The van der Waals surface area contributed by atoms with Crippen LogP contribution in [0.3, 0.4) is 0 Å². The number of anilines is 1. The van der Waals surface area contributed by atoms with Crippen molar-refractivity contribution < 1.29 is 5.11 Å². The van der Waals surface area contributed by atoms with E-state index in [0.29, 0.717) is 6.54 Å². The minimum absolute atomic E-state index is 0.232. The summed E-state index contributed by atoms with van der Waals surface area (Å²) < 4.78 is 0. The van der Waals surface area contributed by atoms with Crippen LogP contribution in [0.2, 0.25) is 0 Å². The number of aliphatic hydroxyl groups excluding tert-OH is 1. The lowest BCUT2D eigenvalue weighted by atomic mass is 10.2. The monoisotopic (exact) mass is 185 g/mol. The molecule has 68 valence electrons. The lowest BCUT2D eigenvalue weighted by molar-refractivity contribution is 0.183. The summed E-state index contributed by atoms with van der Waals surface area (Å²) in [7, 11) is 0. The Morgan fingerprint density at radius 3 is 2.83 bits per heavy atom. The highest BCUT2D eigenvalue weighted by Gasteiger charge is 2.02. The topological polar surface area (TPSA) is 32.3 Å². The fourth-order valence-corrected chi connectivity index (χ4v) is 1.72. The molecule has 2 N–H and O–H groups in total. The second kappa shape index (κ2) is 4.48. The molecule has 1 aromatic heterocycles. The van der Waals surface area contributed by atoms with Gasteiger partial charge in [0, 0.05) is 17.6 Å². The molecule has 0 aromatic carbocycles. The molecule has 0 saturated carbocycles. The predicted molar refractivity (Wildman–Crippen MR) is 53.8 cm³/mol. The van der Waals surface area contributed by atoms with E-state index < -0.39 is 0 Å². The van der Waals surface area contributed by atoms with E-state index in [2.05, 4.69) is 23.0 Å². The molecule has 0 fully saturated rings. The molecule has 0 aliphatic carbocycles. The Labute approximate surface area is 77.2 Å². The standard InChI is InChI=1S/C9H15NOS/c1-3-8(11)4-10-9-6-12-5-7(9)2/h5-6,8,10-11H,3-4H2,1-2H3. The van der Waals surface area contributed by atoms with Crippen molar-refractivity contribution in [1.82, 2.24) is 0 Å². The Balaban J connectivity index is 2.38. The largest absolute Gasteiger partial charge is 0.391 e. The first kappa shape index (κ1) is 9.55. The second-order valence-corrected chi connectivity index (χ2v) is 3.66. The van der Waals surface area contributed by atoms with Crippen molar-refractivity contribution in [2.24, 2.45) is 0 Å². The van der Waals surface area contributed by atoms with E-state index in [9.17, 15) is 5.11 Å². The Hall–Kier alpha value is -0.540. The highest BCUT2D eigenvalue weighted by molar-refractivity contribution is 7.08. The molecule has 1 aromatic rings. The molecule has 1 atom stereocenters. The minimum Gasteiger partial charge on any atom is -0.391 e. The van der Waals surface area contributed by atoms with Crippen LogP contribution in [0, 0.1) is 6.92 Å². The number of thiophene rings is 1. The van der Waals surface area contributed by atoms with E-state index in [4.69, 9.17) is 0 Å². The van der Waals surface area contributed by atoms with Gasteiger partial charge in [-0.25, -0.2) is 0 Å². The van der Waals surface area contributed by atoms with Crippen molar-refractivity contribution >= 4 is 17.0 Å². The lowest BCUT2D eigenvalue weighted by Crippen LogP contribution is -2.18. The third kappa shape index (κ3) is 2.50. The van der Waals surface area contributed by atoms with E-state index in [0.717, 1.165) is 12.1 Å². The van der Waals surface area contributed by atoms with Crippen LogP contribution in [-0.2, 0) is 0 Å². The maximum absolute atomic E-state index is 9.29. The lowest BCUT2D eigenvalue weighted by Gasteiger charge is -2.09. The van der Waals surface area contributed by atoms with Crippen LogP contribution in [0.5, 0.6) is 0 Å². The van der Waals surface area contributed by atoms with Gasteiger partial charge in [0.1, 0.15) is 0 Å². The molecule has 3 heteroatoms. The smallest absolute Gasteiger partial charge is 0.0709 e. The average Bonchev–Trinajstić information content (AvgIpc) is 2.47. The zero-order valence-electron chi connectivity index (χ0n) is 7.50. The Morgan fingerprint density at radius 2 is 2.33 bits per heavy atom. The van der Waals surface area contributed by atoms with Crippen LogP contribution in [0.15, 0.2) is 10.8 Å². The Kier molecular flexibility index (Phi) is 3.56. The molecule has 2 nitrogen and oxygen atoms in total. The van der Waals surface area contributed by atoms with Crippen LogP contribution in [-0.4, -0.2) is 17.8 Å². The van der Waals surface area contributed by atoms with Gasteiger partial charge >= 0.3 is 0 Å². The summed E-state index contributed by atoms with van der Waals surface area (Å²) in [6.45, 7) is 4.69. The van der Waals surface area contributed by atoms with Crippen molar-refractivity contribution in [2.45, 2.75) is 26.4 Å². The normalized spacial score (nSPS) is 12.9. The van der Waals surface area contributed by atoms with Gasteiger partial charge in [-0.05, 0) is 24.3 Å². The van der Waals surface area contributed by atoms with Crippen molar-refractivity contribution in [3.05, 3.63) is 16.3 Å². The summed E-state index contributed by atoms with van der Waals surface area (Å²) in [6, 6.07) is 0. The highest BCUT2D eigenvalue weighted by atomic mass is 32.1. The van der Waals surface area contributed by atoms with E-state index >= 15 is 0 Å². The van der Waals surface area contributed by atoms with E-state index in [1.54, 1.807) is 11.3 Å². The fourth-order valence-electron chi connectivity index (χ4n) is 0.914. The van der Waals surface area contributed by atoms with Crippen LogP contribution in [0.1, 0.15) is 18.9 Å². The first-order valence-corrected chi connectivity index (χ1v) is 5.13. The molecular formula is C9H15NOS. The van der Waals surface area contributed by atoms with Gasteiger partial charge in [-0.2, -0.15) is 0 Å². The summed E-state index contributed by atoms with van der Waals surface area (Å²) in [6.07, 6.45) is 0.570. The van der Waals surface area contributed by atoms with Crippen LogP contribution < -0.4 is 5.32 Å². The zero-order chi connectivity index (χ0) is 8.97. The number of hydrogen-bond donors (Lipinski definition) is 2. The van der Waals surface area contributed by atoms with Crippen LogP contribution in [0.25, 0.3) is 0 Å². The molecule has 1 unspecified atom stereocenters. The van der Waals surface area contributed by atoms with Crippen LogP contribution in [0.4, 0.5) is 5.69 Å². The molecule has 0 bridgehead atoms. The molecule has 0 saturated heterocycles. The van der Waals surface area contributed by atoms with E-state index in [-0.39, 0.29) is 6.10 Å². The van der Waals surface area contributed by atoms with Gasteiger partial charge in [0.25, 0.3) is 0 Å². The Morgan fingerprint density at radius 1 is 1.58 bits per heavy atom. The number of hydrogen-bond acceptors (Lipinski definition) is 3. The van der Waals surface area contributed by atoms with Crippen molar-refractivity contribution in [1.29, 1.82) is 0 Å². The molecular weight excluding hydrogens is 170 g/mol. The quantitative estimate of drug-likeness (QED) is 0.754. The summed E-state index contributed by atoms with van der Waals surface area (Å²) in [4.78, 5) is 0. The zero-order valence-corrected chi connectivity index (χ0v) is 8.32. The number of aliphatic hydroxyl groups is 1. The van der Waals surface area contributed by atoms with Crippen LogP contribution >= 0.6 is 11.3 Å². The maximum atomic E-state index is 9.29. The highest BCUT2D eigenvalue weighted by Crippen LogP contribution is 2.19. The molecule has 0 aliphatic heterocycles. The third-order valence-electron chi connectivity index (χ3n) is 1.85. The predicted octanol–water partition coefficient (Wildman–Crippen LogP) is 2.24. The van der Waals surface area contributed by atoms with Gasteiger partial charge in [-0.15, -0.1) is 11.3 Å². The first-order valence-electron chi connectivity index (χ1n) is 4.18. The first-order chi connectivity index (χ1) is 5.74. The van der Waals surface area contributed by atoms with E-state index in [1.807, 2.05) is 6.92 Å². The average molecular weight is 185 g/mol. The summed E-state index contributed by atoms with van der Waals surface area (Å²) in [5.74, 6) is 0. The van der Waals surface area contributed by atoms with Gasteiger partial charge < -0.3 is 10.4 Å². The SMILES string of the molecule is CCC(O)CNc1cscc1C. The van der Waals surface area contributed by atoms with Crippen molar-refractivity contribution in [3.8, 4) is 0 Å². The van der Waals surface area contributed by atoms with Crippen molar-refractivity contribution in [2.75, 3.05) is 11.9 Å². The van der Waals surface area contributed by atoms with Gasteiger partial charge in [0.15, 0.2) is 0 Å². The van der Waals surface area contributed by atoms with Gasteiger partial charge in [-0.1, -0.05) is 6.92 Å². The molecule has 12 heavy (non-hydrogen) atoms. The molecule has 1 heterocycles. The molecule has 0 amide bonds. The third-order valence-corrected chi connectivity index (χ3v) is 2.72.